The molecule has 0 rings (SSSR count). The first-order valence-corrected chi connectivity index (χ1v) is 5.28. The van der Waals surface area contributed by atoms with E-state index in [1.165, 1.54) is 0 Å². The highest BCUT2D eigenvalue weighted by Gasteiger charge is 2.06. The van der Waals surface area contributed by atoms with E-state index < -0.39 is 0 Å². The van der Waals surface area contributed by atoms with Gasteiger partial charge in [0, 0.05) is 19.0 Å². The van der Waals surface area contributed by atoms with Crippen molar-refractivity contribution in [3.05, 3.63) is 0 Å². The van der Waals surface area contributed by atoms with Crippen molar-refractivity contribution in [3.8, 4) is 0 Å². The van der Waals surface area contributed by atoms with Crippen molar-refractivity contribution in [2.75, 3.05) is 13.1 Å². The molecule has 0 aromatic heterocycles. The Morgan fingerprint density at radius 1 is 1.43 bits per heavy atom. The zero-order valence-electron chi connectivity index (χ0n) is 9.25. The molecule has 4 nitrogen and oxygen atoms in total. The molecule has 84 valence electrons. The number of rotatable bonds is 7. The summed E-state index contributed by atoms with van der Waals surface area (Å²) in [6.45, 7) is 5.26. The van der Waals surface area contributed by atoms with Gasteiger partial charge in [0.25, 0.3) is 0 Å². The maximum absolute atomic E-state index is 11.2. The Hall–Kier alpha value is -0.610. The third kappa shape index (κ3) is 8.01. The Bertz CT molecular complexity index is 159. The lowest BCUT2D eigenvalue weighted by atomic mass is 10.1. The molecule has 0 radical (unpaired) electrons. The smallest absolute Gasteiger partial charge is 0.220 e. The molecule has 0 bridgehead atoms. The highest BCUT2D eigenvalue weighted by atomic mass is 16.1. The summed E-state index contributed by atoms with van der Waals surface area (Å²) in [6.07, 6.45) is 2.36. The second-order valence-electron chi connectivity index (χ2n) is 4.09. The SMILES string of the molecule is CC(C)CC(=O)NC[C@H](N)CCCN. The predicted molar refractivity (Wildman–Crippen MR) is 58.7 cm³/mol. The monoisotopic (exact) mass is 201 g/mol. The third-order valence-electron chi connectivity index (χ3n) is 1.93. The van der Waals surface area contributed by atoms with Gasteiger partial charge in [0.15, 0.2) is 0 Å². The van der Waals surface area contributed by atoms with E-state index in [0.717, 1.165) is 12.8 Å². The number of hydrogen-bond donors (Lipinski definition) is 3. The molecule has 0 aliphatic heterocycles. The molecule has 0 aliphatic rings. The average Bonchev–Trinajstić information content (AvgIpc) is 2.10. The fraction of sp³-hybridized carbons (Fsp3) is 0.900. The summed E-state index contributed by atoms with van der Waals surface area (Å²) in [5.74, 6) is 0.485. The normalized spacial score (nSPS) is 12.9. The van der Waals surface area contributed by atoms with Crippen molar-refractivity contribution in [1.29, 1.82) is 0 Å². The molecule has 0 saturated carbocycles. The van der Waals surface area contributed by atoms with Crippen LogP contribution in [-0.4, -0.2) is 25.0 Å². The second kappa shape index (κ2) is 7.76. The number of hydrogen-bond acceptors (Lipinski definition) is 3. The van der Waals surface area contributed by atoms with Crippen LogP contribution in [0.2, 0.25) is 0 Å². The number of carbonyl (C=O) groups excluding carboxylic acids is 1. The molecule has 14 heavy (non-hydrogen) atoms. The lowest BCUT2D eigenvalue weighted by Gasteiger charge is -2.12. The average molecular weight is 201 g/mol. The van der Waals surface area contributed by atoms with Gasteiger partial charge >= 0.3 is 0 Å². The molecule has 0 aromatic rings. The fourth-order valence-corrected chi connectivity index (χ4v) is 1.17. The van der Waals surface area contributed by atoms with Crippen LogP contribution in [0.1, 0.15) is 33.1 Å². The van der Waals surface area contributed by atoms with Gasteiger partial charge in [0.2, 0.25) is 5.91 Å². The van der Waals surface area contributed by atoms with Gasteiger partial charge in [-0.1, -0.05) is 13.8 Å². The summed E-state index contributed by atoms with van der Waals surface area (Å²) in [6, 6.07) is 0.0367. The van der Waals surface area contributed by atoms with Crippen LogP contribution in [0.15, 0.2) is 0 Å². The minimum Gasteiger partial charge on any atom is -0.355 e. The number of carbonyl (C=O) groups is 1. The Balaban J connectivity index is 3.45. The van der Waals surface area contributed by atoms with E-state index in [-0.39, 0.29) is 11.9 Å². The highest BCUT2D eigenvalue weighted by molar-refractivity contribution is 5.76. The van der Waals surface area contributed by atoms with Crippen molar-refractivity contribution in [2.45, 2.75) is 39.2 Å². The number of nitrogens with two attached hydrogens (primary N) is 2. The first-order chi connectivity index (χ1) is 6.56. The van der Waals surface area contributed by atoms with Gasteiger partial charge < -0.3 is 16.8 Å². The Kier molecular flexibility index (Phi) is 7.42. The summed E-state index contributed by atoms with van der Waals surface area (Å²) in [7, 11) is 0. The molecule has 0 heterocycles. The largest absolute Gasteiger partial charge is 0.355 e. The molecule has 4 heteroatoms. The standard InChI is InChI=1S/C10H23N3O/c1-8(2)6-10(14)13-7-9(12)4-3-5-11/h8-9H,3-7,11-12H2,1-2H3,(H,13,14)/t9-/m1/s1. The van der Waals surface area contributed by atoms with Crippen LogP contribution in [0.25, 0.3) is 0 Å². The van der Waals surface area contributed by atoms with Crippen LogP contribution in [0.3, 0.4) is 0 Å². The molecule has 0 unspecified atom stereocenters. The summed E-state index contributed by atoms with van der Waals surface area (Å²) >= 11 is 0. The first-order valence-electron chi connectivity index (χ1n) is 5.28. The van der Waals surface area contributed by atoms with Gasteiger partial charge in [-0.05, 0) is 25.3 Å². The van der Waals surface area contributed by atoms with Crippen LogP contribution < -0.4 is 16.8 Å². The zero-order chi connectivity index (χ0) is 11.0. The van der Waals surface area contributed by atoms with E-state index in [1.807, 2.05) is 13.8 Å². The van der Waals surface area contributed by atoms with E-state index in [0.29, 0.717) is 25.4 Å². The highest BCUT2D eigenvalue weighted by Crippen LogP contribution is 1.98. The summed E-state index contributed by atoms with van der Waals surface area (Å²) in [5.41, 5.74) is 11.1. The van der Waals surface area contributed by atoms with Crippen molar-refractivity contribution in [1.82, 2.24) is 5.32 Å². The van der Waals surface area contributed by atoms with E-state index >= 15 is 0 Å². The second-order valence-corrected chi connectivity index (χ2v) is 4.09. The van der Waals surface area contributed by atoms with Crippen molar-refractivity contribution < 1.29 is 4.79 Å². The lowest BCUT2D eigenvalue weighted by molar-refractivity contribution is -0.121. The quantitative estimate of drug-likeness (QED) is 0.551. The van der Waals surface area contributed by atoms with E-state index in [2.05, 4.69) is 5.32 Å². The number of nitrogens with one attached hydrogen (secondary N) is 1. The Morgan fingerprint density at radius 2 is 2.07 bits per heavy atom. The molecule has 0 aliphatic carbocycles. The van der Waals surface area contributed by atoms with E-state index in [1.54, 1.807) is 0 Å². The minimum atomic E-state index is 0.0367. The zero-order valence-corrected chi connectivity index (χ0v) is 9.25. The van der Waals surface area contributed by atoms with Gasteiger partial charge in [-0.15, -0.1) is 0 Å². The minimum absolute atomic E-state index is 0.0367. The molecule has 0 spiro atoms. The number of amides is 1. The van der Waals surface area contributed by atoms with Gasteiger partial charge in [0.05, 0.1) is 0 Å². The van der Waals surface area contributed by atoms with Crippen LogP contribution in [0.4, 0.5) is 0 Å². The van der Waals surface area contributed by atoms with Gasteiger partial charge in [0.1, 0.15) is 0 Å². The van der Waals surface area contributed by atoms with Crippen LogP contribution >= 0.6 is 0 Å². The van der Waals surface area contributed by atoms with Gasteiger partial charge in [-0.2, -0.15) is 0 Å². The predicted octanol–water partition coefficient (Wildman–Crippen LogP) is 0.215. The fourth-order valence-electron chi connectivity index (χ4n) is 1.17. The molecule has 0 aromatic carbocycles. The topological polar surface area (TPSA) is 81.1 Å². The summed E-state index contributed by atoms with van der Waals surface area (Å²) in [4.78, 5) is 11.2. The maximum atomic E-state index is 11.2. The molecular weight excluding hydrogens is 178 g/mol. The van der Waals surface area contributed by atoms with Gasteiger partial charge in [-0.3, -0.25) is 4.79 Å². The van der Waals surface area contributed by atoms with Crippen molar-refractivity contribution in [3.63, 3.8) is 0 Å². The Morgan fingerprint density at radius 3 is 2.57 bits per heavy atom. The first kappa shape index (κ1) is 13.4. The van der Waals surface area contributed by atoms with E-state index in [4.69, 9.17) is 11.5 Å². The third-order valence-corrected chi connectivity index (χ3v) is 1.93. The van der Waals surface area contributed by atoms with E-state index in [9.17, 15) is 4.79 Å². The molecule has 1 amide bonds. The molecule has 1 atom stereocenters. The summed E-state index contributed by atoms with van der Waals surface area (Å²) in [5, 5.41) is 2.82. The molecular formula is C10H23N3O. The van der Waals surface area contributed by atoms with Crippen molar-refractivity contribution >= 4 is 5.91 Å². The molecule has 0 fully saturated rings. The maximum Gasteiger partial charge on any atom is 0.220 e. The Labute approximate surface area is 86.4 Å². The molecule has 5 N–H and O–H groups in total. The molecule has 0 saturated heterocycles. The van der Waals surface area contributed by atoms with Crippen LogP contribution in [-0.2, 0) is 4.79 Å². The van der Waals surface area contributed by atoms with Crippen molar-refractivity contribution in [2.24, 2.45) is 17.4 Å². The van der Waals surface area contributed by atoms with Crippen LogP contribution in [0.5, 0.6) is 0 Å². The van der Waals surface area contributed by atoms with Crippen LogP contribution in [0, 0.1) is 5.92 Å². The summed E-state index contributed by atoms with van der Waals surface area (Å²) < 4.78 is 0. The lowest BCUT2D eigenvalue weighted by Crippen LogP contribution is -2.37. The van der Waals surface area contributed by atoms with Gasteiger partial charge in [-0.25, -0.2) is 0 Å².